The van der Waals surface area contributed by atoms with Crippen LogP contribution in [-0.2, 0) is 19.6 Å². The van der Waals surface area contributed by atoms with Crippen LogP contribution in [0, 0.1) is 12.8 Å². The lowest BCUT2D eigenvalue weighted by molar-refractivity contribution is -0.453. The van der Waals surface area contributed by atoms with Crippen molar-refractivity contribution in [1.29, 1.82) is 0 Å². The summed E-state index contributed by atoms with van der Waals surface area (Å²) in [7, 11) is 0. The number of benzene rings is 1. The summed E-state index contributed by atoms with van der Waals surface area (Å²) in [5.74, 6) is -0.451. The Morgan fingerprint density at radius 1 is 1.09 bits per heavy atom. The Morgan fingerprint density at radius 3 is 2.55 bits per heavy atom. The minimum absolute atomic E-state index is 0.183. The van der Waals surface area contributed by atoms with E-state index in [1.54, 1.807) is 31.2 Å². The van der Waals surface area contributed by atoms with Crippen LogP contribution < -0.4 is 0 Å². The van der Waals surface area contributed by atoms with Gasteiger partial charge < -0.3 is 4.74 Å². The van der Waals surface area contributed by atoms with Crippen molar-refractivity contribution in [2.45, 2.75) is 45.6 Å². The van der Waals surface area contributed by atoms with E-state index in [0.717, 1.165) is 31.2 Å². The minimum Gasteiger partial charge on any atom is -0.429 e. The molecule has 1 saturated carbocycles. The zero-order valence-corrected chi connectivity index (χ0v) is 12.7. The molecule has 1 aliphatic carbocycles. The molecule has 2 rings (SSSR count). The van der Waals surface area contributed by atoms with Crippen molar-refractivity contribution in [2.24, 2.45) is 5.92 Å². The van der Waals surface area contributed by atoms with E-state index in [9.17, 15) is 9.59 Å². The van der Waals surface area contributed by atoms with Crippen LogP contribution >= 0.6 is 0 Å². The van der Waals surface area contributed by atoms with Crippen molar-refractivity contribution >= 4 is 12.1 Å². The number of hydrogen-bond acceptors (Lipinski definition) is 6. The van der Waals surface area contributed by atoms with Crippen LogP contribution in [0.15, 0.2) is 24.3 Å². The van der Waals surface area contributed by atoms with Gasteiger partial charge in [0, 0.05) is 0 Å². The molecule has 0 radical (unpaired) electrons. The normalized spacial score (nSPS) is 21.0. The van der Waals surface area contributed by atoms with Gasteiger partial charge in [-0.15, -0.1) is 0 Å². The number of rotatable bonds is 4. The SMILES string of the molecule is Cc1ccccc1C(=O)OOOC(=O)OC1CCCCC1C. The summed E-state index contributed by atoms with van der Waals surface area (Å²) >= 11 is 0. The van der Waals surface area contributed by atoms with Gasteiger partial charge in [-0.1, -0.05) is 31.5 Å². The Labute approximate surface area is 129 Å². The molecule has 1 fully saturated rings. The predicted octanol–water partition coefficient (Wildman–Crippen LogP) is 3.73. The monoisotopic (exact) mass is 308 g/mol. The molecule has 0 bridgehead atoms. The molecule has 2 atom stereocenters. The number of ether oxygens (including phenoxy) is 1. The highest BCUT2D eigenvalue weighted by Crippen LogP contribution is 2.26. The molecule has 0 amide bonds. The number of aryl methyl sites for hydroxylation is 1. The number of hydrogen-bond donors (Lipinski definition) is 0. The summed E-state index contributed by atoms with van der Waals surface area (Å²) in [6.45, 7) is 3.78. The maximum Gasteiger partial charge on any atom is 0.543 e. The molecule has 0 heterocycles. The Kier molecular flexibility index (Phi) is 5.77. The second kappa shape index (κ2) is 7.79. The average molecular weight is 308 g/mol. The Bertz CT molecular complexity index is 527. The molecule has 0 saturated heterocycles. The quantitative estimate of drug-likeness (QED) is 0.479. The van der Waals surface area contributed by atoms with Gasteiger partial charge in [-0.3, -0.25) is 4.89 Å². The van der Waals surface area contributed by atoms with Crippen molar-refractivity contribution in [3.8, 4) is 0 Å². The van der Waals surface area contributed by atoms with E-state index >= 15 is 0 Å². The molecule has 1 aromatic rings. The van der Waals surface area contributed by atoms with Crippen LogP contribution in [0.25, 0.3) is 0 Å². The highest BCUT2D eigenvalue weighted by molar-refractivity contribution is 5.90. The lowest BCUT2D eigenvalue weighted by Gasteiger charge is -2.27. The van der Waals surface area contributed by atoms with Crippen molar-refractivity contribution < 1.29 is 29.1 Å². The van der Waals surface area contributed by atoms with Gasteiger partial charge in [0.2, 0.25) is 0 Å². The van der Waals surface area contributed by atoms with Crippen LogP contribution in [0.1, 0.15) is 48.5 Å². The van der Waals surface area contributed by atoms with E-state index in [0.29, 0.717) is 5.56 Å². The number of carbonyl (C=O) groups excluding carboxylic acids is 2. The minimum atomic E-state index is -1.00. The van der Waals surface area contributed by atoms with Crippen molar-refractivity contribution in [1.82, 2.24) is 0 Å². The molecule has 120 valence electrons. The molecule has 1 aliphatic rings. The molecule has 0 spiro atoms. The molecular formula is C16H20O6. The molecule has 0 N–H and O–H groups in total. The van der Waals surface area contributed by atoms with Crippen molar-refractivity contribution in [2.75, 3.05) is 0 Å². The Balaban J connectivity index is 1.73. The average Bonchev–Trinajstić information content (AvgIpc) is 2.50. The van der Waals surface area contributed by atoms with E-state index in [1.807, 2.05) is 6.92 Å². The van der Waals surface area contributed by atoms with E-state index in [1.165, 1.54) is 0 Å². The summed E-state index contributed by atoms with van der Waals surface area (Å²) in [5.41, 5.74) is 1.06. The lowest BCUT2D eigenvalue weighted by atomic mass is 9.88. The molecule has 22 heavy (non-hydrogen) atoms. The fourth-order valence-electron chi connectivity index (χ4n) is 2.52. The Hall–Kier alpha value is -2.08. The third kappa shape index (κ3) is 4.46. The largest absolute Gasteiger partial charge is 0.543 e. The summed E-state index contributed by atoms with van der Waals surface area (Å²) in [4.78, 5) is 31.9. The maximum atomic E-state index is 11.7. The van der Waals surface area contributed by atoms with E-state index in [2.05, 4.69) is 14.8 Å². The molecule has 6 nitrogen and oxygen atoms in total. The number of carbonyl (C=O) groups is 2. The topological polar surface area (TPSA) is 71.1 Å². The van der Waals surface area contributed by atoms with Crippen LogP contribution in [-0.4, -0.2) is 18.2 Å². The molecule has 6 heteroatoms. The fraction of sp³-hybridized carbons (Fsp3) is 0.500. The second-order valence-electron chi connectivity index (χ2n) is 5.51. The van der Waals surface area contributed by atoms with Crippen molar-refractivity contribution in [3.63, 3.8) is 0 Å². The van der Waals surface area contributed by atoms with Gasteiger partial charge in [-0.25, -0.2) is 14.5 Å². The molecule has 1 aromatic carbocycles. The summed E-state index contributed by atoms with van der Waals surface area (Å²) in [6, 6.07) is 6.84. The zero-order chi connectivity index (χ0) is 15.9. The van der Waals surface area contributed by atoms with Crippen LogP contribution in [0.4, 0.5) is 4.79 Å². The zero-order valence-electron chi connectivity index (χ0n) is 12.7. The second-order valence-corrected chi connectivity index (χ2v) is 5.51. The van der Waals surface area contributed by atoms with Crippen molar-refractivity contribution in [3.05, 3.63) is 35.4 Å². The van der Waals surface area contributed by atoms with Gasteiger partial charge in [0.15, 0.2) is 0 Å². The third-order valence-corrected chi connectivity index (χ3v) is 3.86. The van der Waals surface area contributed by atoms with Gasteiger partial charge in [-0.2, -0.15) is 0 Å². The molecule has 0 aromatic heterocycles. The van der Waals surface area contributed by atoms with Crippen LogP contribution in [0.5, 0.6) is 0 Å². The predicted molar refractivity (Wildman–Crippen MR) is 76.7 cm³/mol. The maximum absolute atomic E-state index is 11.7. The first-order chi connectivity index (χ1) is 10.6. The van der Waals surface area contributed by atoms with Gasteiger partial charge in [0.1, 0.15) is 6.10 Å². The molecule has 2 unspecified atom stereocenters. The summed E-state index contributed by atoms with van der Waals surface area (Å²) in [5, 5.41) is 4.22. The first-order valence-electron chi connectivity index (χ1n) is 7.39. The lowest BCUT2D eigenvalue weighted by Crippen LogP contribution is -2.28. The van der Waals surface area contributed by atoms with Crippen LogP contribution in [0.3, 0.4) is 0 Å². The standard InChI is InChI=1S/C16H20O6/c1-11-7-3-5-9-13(11)15(17)20-22-21-16(18)19-14-10-6-4-8-12(14)2/h3,5,7,9,12,14H,4,6,8,10H2,1-2H3. The summed E-state index contributed by atoms with van der Waals surface area (Å²) < 4.78 is 5.14. The molecule has 0 aliphatic heterocycles. The van der Waals surface area contributed by atoms with E-state index in [4.69, 9.17) is 4.74 Å². The van der Waals surface area contributed by atoms with E-state index < -0.39 is 12.1 Å². The first-order valence-corrected chi connectivity index (χ1v) is 7.39. The van der Waals surface area contributed by atoms with Gasteiger partial charge >= 0.3 is 12.1 Å². The van der Waals surface area contributed by atoms with E-state index in [-0.39, 0.29) is 12.0 Å². The fourth-order valence-corrected chi connectivity index (χ4v) is 2.52. The van der Waals surface area contributed by atoms with Gasteiger partial charge in [-0.05, 0) is 43.7 Å². The smallest absolute Gasteiger partial charge is 0.429 e. The highest BCUT2D eigenvalue weighted by Gasteiger charge is 2.26. The summed E-state index contributed by atoms with van der Waals surface area (Å²) in [6.07, 6.45) is 2.79. The molecular weight excluding hydrogens is 288 g/mol. The first kappa shape index (κ1) is 16.3. The Morgan fingerprint density at radius 2 is 1.82 bits per heavy atom. The van der Waals surface area contributed by atoms with Gasteiger partial charge in [0.05, 0.1) is 10.6 Å². The highest BCUT2D eigenvalue weighted by atomic mass is 17.5. The van der Waals surface area contributed by atoms with Crippen LogP contribution in [0.2, 0.25) is 0 Å². The van der Waals surface area contributed by atoms with Gasteiger partial charge in [0.25, 0.3) is 0 Å². The third-order valence-electron chi connectivity index (χ3n) is 3.86.